The van der Waals surface area contributed by atoms with Gasteiger partial charge in [0.25, 0.3) is 5.91 Å². The molecule has 3 rings (SSSR count). The molecule has 154 valence electrons. The van der Waals surface area contributed by atoms with E-state index in [4.69, 9.17) is 11.6 Å². The number of rotatable bonds is 1. The van der Waals surface area contributed by atoms with Crippen molar-refractivity contribution >= 4 is 50.0 Å². The predicted molar refractivity (Wildman–Crippen MR) is 105 cm³/mol. The molecule has 0 bridgehead atoms. The van der Waals surface area contributed by atoms with Gasteiger partial charge in [-0.1, -0.05) is 44.1 Å². The lowest BCUT2D eigenvalue weighted by Crippen LogP contribution is -2.38. The van der Waals surface area contributed by atoms with Crippen LogP contribution in [-0.4, -0.2) is 42.3 Å². The van der Waals surface area contributed by atoms with Crippen LogP contribution in [0.25, 0.3) is 0 Å². The highest BCUT2D eigenvalue weighted by molar-refractivity contribution is 8.16. The Morgan fingerprint density at radius 3 is 2.46 bits per heavy atom. The van der Waals surface area contributed by atoms with E-state index in [1.54, 1.807) is 20.8 Å². The van der Waals surface area contributed by atoms with Crippen molar-refractivity contribution in [3.05, 3.63) is 28.8 Å². The average Bonchev–Trinajstić information content (AvgIpc) is 2.97. The first-order valence-corrected chi connectivity index (χ1v) is 11.4. The Kier molecular flexibility index (Phi) is 5.30. The number of hydrogen-bond acceptors (Lipinski definition) is 4. The lowest BCUT2D eigenvalue weighted by Gasteiger charge is -2.26. The van der Waals surface area contributed by atoms with Gasteiger partial charge in [-0.2, -0.15) is 18.2 Å². The van der Waals surface area contributed by atoms with Gasteiger partial charge in [0.2, 0.25) is 0 Å². The molecule has 28 heavy (non-hydrogen) atoms. The molecule has 0 radical (unpaired) electrons. The summed E-state index contributed by atoms with van der Waals surface area (Å²) in [5, 5.41) is -0.648. The van der Waals surface area contributed by atoms with Crippen LogP contribution in [0, 0.1) is 5.41 Å². The van der Waals surface area contributed by atoms with Gasteiger partial charge >= 0.3 is 6.18 Å². The van der Waals surface area contributed by atoms with Crippen molar-refractivity contribution < 1.29 is 26.4 Å². The highest BCUT2D eigenvalue weighted by atomic mass is 35.5. The molecule has 2 aliphatic rings. The second-order valence-corrected chi connectivity index (χ2v) is 11.5. The number of fused-ring (bicyclic) bond motifs is 1. The number of carbonyl (C=O) groups excluding carboxylic acids is 1. The summed E-state index contributed by atoms with van der Waals surface area (Å²) >= 11 is 6.81. The second-order valence-electron chi connectivity index (χ2n) is 7.78. The smallest absolute Gasteiger partial charge is 0.316 e. The quantitative estimate of drug-likeness (QED) is 0.641. The van der Waals surface area contributed by atoms with Crippen molar-refractivity contribution in [2.24, 2.45) is 10.4 Å². The number of thioether (sulfide) groups is 1. The Hall–Kier alpha value is -1.26. The van der Waals surface area contributed by atoms with Gasteiger partial charge in [-0.25, -0.2) is 8.42 Å². The summed E-state index contributed by atoms with van der Waals surface area (Å²) in [5.74, 6) is -0.758. The van der Waals surface area contributed by atoms with Crippen LogP contribution in [0.1, 0.15) is 26.3 Å². The summed E-state index contributed by atoms with van der Waals surface area (Å²) in [5.41, 5.74) is -1.70. The van der Waals surface area contributed by atoms with Gasteiger partial charge in [0.1, 0.15) is 0 Å². The van der Waals surface area contributed by atoms with E-state index >= 15 is 0 Å². The number of amides is 1. The SMILES string of the molecule is CC(C)(C)C(=O)N=C1S[C@@H]2CS(=O)(=O)C[C@H]2N1c1ccc(Cl)c(C(F)(F)F)c1. The largest absolute Gasteiger partial charge is 0.417 e. The van der Waals surface area contributed by atoms with Gasteiger partial charge in [-0.3, -0.25) is 4.79 Å². The lowest BCUT2D eigenvalue weighted by atomic mass is 9.96. The summed E-state index contributed by atoms with van der Waals surface area (Å²) in [7, 11) is -3.32. The summed E-state index contributed by atoms with van der Waals surface area (Å²) in [6.07, 6.45) is -4.67. The van der Waals surface area contributed by atoms with Crippen LogP contribution in [-0.2, 0) is 20.8 Å². The molecular weight excluding hydrogens is 437 g/mol. The first kappa shape index (κ1) is 21.4. The zero-order valence-corrected chi connectivity index (χ0v) is 17.6. The van der Waals surface area contributed by atoms with E-state index in [9.17, 15) is 26.4 Å². The normalized spacial score (nSPS) is 26.0. The fourth-order valence-corrected chi connectivity index (χ4v) is 7.14. The summed E-state index contributed by atoms with van der Waals surface area (Å²) in [4.78, 5) is 17.9. The number of amidine groups is 1. The topological polar surface area (TPSA) is 66.8 Å². The molecule has 1 amide bonds. The zero-order chi connectivity index (χ0) is 21.1. The van der Waals surface area contributed by atoms with E-state index in [0.717, 1.165) is 23.9 Å². The molecule has 0 aliphatic carbocycles. The maximum absolute atomic E-state index is 13.3. The van der Waals surface area contributed by atoms with Crippen LogP contribution in [0.2, 0.25) is 5.02 Å². The fraction of sp³-hybridized carbons (Fsp3) is 0.529. The van der Waals surface area contributed by atoms with Crippen molar-refractivity contribution in [2.75, 3.05) is 16.4 Å². The molecule has 2 saturated heterocycles. The molecule has 2 aliphatic heterocycles. The van der Waals surface area contributed by atoms with E-state index < -0.39 is 49.2 Å². The number of benzene rings is 1. The third kappa shape index (κ3) is 4.18. The van der Waals surface area contributed by atoms with Gasteiger partial charge < -0.3 is 4.90 Å². The van der Waals surface area contributed by atoms with Crippen molar-refractivity contribution in [3.63, 3.8) is 0 Å². The lowest BCUT2D eigenvalue weighted by molar-refractivity contribution is -0.137. The summed E-state index contributed by atoms with van der Waals surface area (Å²) in [6.45, 7) is 5.04. The van der Waals surface area contributed by atoms with Gasteiger partial charge in [0, 0.05) is 16.4 Å². The number of alkyl halides is 3. The second kappa shape index (κ2) is 6.91. The van der Waals surface area contributed by atoms with Crippen LogP contribution in [0.3, 0.4) is 0 Å². The van der Waals surface area contributed by atoms with E-state index in [2.05, 4.69) is 4.99 Å². The average molecular weight is 455 g/mol. The minimum Gasteiger partial charge on any atom is -0.316 e. The number of anilines is 1. The first-order valence-electron chi connectivity index (χ1n) is 8.35. The molecule has 2 fully saturated rings. The molecule has 1 aromatic rings. The zero-order valence-electron chi connectivity index (χ0n) is 15.2. The molecule has 0 unspecified atom stereocenters. The molecule has 2 heterocycles. The Morgan fingerprint density at radius 1 is 1.25 bits per heavy atom. The molecule has 2 atom stereocenters. The highest BCUT2D eigenvalue weighted by Crippen LogP contribution is 2.44. The van der Waals surface area contributed by atoms with Crippen LogP contribution < -0.4 is 4.90 Å². The third-order valence-electron chi connectivity index (χ3n) is 4.44. The highest BCUT2D eigenvalue weighted by Gasteiger charge is 2.50. The molecule has 0 N–H and O–H groups in total. The van der Waals surface area contributed by atoms with Gasteiger partial charge in [0.05, 0.1) is 28.1 Å². The van der Waals surface area contributed by atoms with Crippen LogP contribution in [0.15, 0.2) is 23.2 Å². The summed E-state index contributed by atoms with van der Waals surface area (Å²) in [6, 6.07) is 2.77. The Labute approximate surface area is 170 Å². The maximum Gasteiger partial charge on any atom is 0.417 e. The monoisotopic (exact) mass is 454 g/mol. The van der Waals surface area contributed by atoms with Gasteiger partial charge in [-0.05, 0) is 18.2 Å². The van der Waals surface area contributed by atoms with Gasteiger partial charge in [0.15, 0.2) is 15.0 Å². The number of halogens is 4. The standard InChI is InChI=1S/C17H18ClF3N2O3S2/c1-16(2,3)14(24)22-15-23(12-7-28(25,26)8-13(12)27-15)9-4-5-11(18)10(6-9)17(19,20)21/h4-6,12-13H,7-8H2,1-3H3/t12-,13-/m1/s1. The number of hydrogen-bond donors (Lipinski definition) is 0. The molecule has 0 saturated carbocycles. The van der Waals surface area contributed by atoms with Crippen LogP contribution in [0.4, 0.5) is 18.9 Å². The molecule has 0 aromatic heterocycles. The third-order valence-corrected chi connectivity index (χ3v) is 7.98. The van der Waals surface area contributed by atoms with E-state index in [1.165, 1.54) is 11.0 Å². The molecule has 11 heteroatoms. The number of aliphatic imine (C=N–C) groups is 1. The van der Waals surface area contributed by atoms with Crippen LogP contribution >= 0.6 is 23.4 Å². The Bertz CT molecular complexity index is 955. The minimum absolute atomic E-state index is 0.106. The number of carbonyl (C=O) groups is 1. The van der Waals surface area contributed by atoms with E-state index in [0.29, 0.717) is 0 Å². The minimum atomic E-state index is -4.67. The first-order chi connectivity index (χ1) is 12.7. The van der Waals surface area contributed by atoms with Gasteiger partial charge in [-0.15, -0.1) is 0 Å². The van der Waals surface area contributed by atoms with Crippen molar-refractivity contribution in [2.45, 2.75) is 38.2 Å². The number of nitrogens with zero attached hydrogens (tertiary/aromatic N) is 2. The molecule has 1 aromatic carbocycles. The van der Waals surface area contributed by atoms with Crippen molar-refractivity contribution in [1.82, 2.24) is 0 Å². The van der Waals surface area contributed by atoms with E-state index in [1.807, 2.05) is 0 Å². The Morgan fingerprint density at radius 2 is 1.89 bits per heavy atom. The molecule has 0 spiro atoms. The van der Waals surface area contributed by atoms with Crippen molar-refractivity contribution in [3.8, 4) is 0 Å². The molecular formula is C17H18ClF3N2O3S2. The predicted octanol–water partition coefficient (Wildman–Crippen LogP) is 4.01. The molecule has 5 nitrogen and oxygen atoms in total. The van der Waals surface area contributed by atoms with E-state index in [-0.39, 0.29) is 22.4 Å². The van der Waals surface area contributed by atoms with Crippen LogP contribution in [0.5, 0.6) is 0 Å². The Balaban J connectivity index is 2.10. The fourth-order valence-electron chi connectivity index (χ4n) is 3.00. The maximum atomic E-state index is 13.3. The number of sulfone groups is 1. The summed E-state index contributed by atoms with van der Waals surface area (Å²) < 4.78 is 63.9. The van der Waals surface area contributed by atoms with Crippen molar-refractivity contribution in [1.29, 1.82) is 0 Å².